The summed E-state index contributed by atoms with van der Waals surface area (Å²) in [5, 5.41) is 3.82. The molecule has 0 saturated carbocycles. The van der Waals surface area contributed by atoms with E-state index in [-0.39, 0.29) is 12.5 Å². The number of hydrogen-bond acceptors (Lipinski definition) is 4. The Kier molecular flexibility index (Phi) is 6.01. The molecule has 1 amide bonds. The Morgan fingerprint density at radius 2 is 1.68 bits per heavy atom. The highest BCUT2D eigenvalue weighted by molar-refractivity contribution is 7.92. The van der Waals surface area contributed by atoms with Gasteiger partial charge in [0.1, 0.15) is 5.25 Å². The molecule has 1 N–H and O–H groups in total. The van der Waals surface area contributed by atoms with Crippen molar-refractivity contribution in [2.75, 3.05) is 6.54 Å². The molecular formula is C22H23NO3S2. The zero-order chi connectivity index (χ0) is 20.3. The summed E-state index contributed by atoms with van der Waals surface area (Å²) in [5.41, 5.74) is 3.17. The van der Waals surface area contributed by atoms with Crippen LogP contribution in [0.2, 0.25) is 0 Å². The van der Waals surface area contributed by atoms with E-state index in [0.29, 0.717) is 20.9 Å². The molecular weight excluding hydrogens is 390 g/mol. The molecule has 4 nitrogen and oxygen atoms in total. The first-order chi connectivity index (χ1) is 13.3. The second-order valence-electron chi connectivity index (χ2n) is 6.89. The molecule has 0 bridgehead atoms. The van der Waals surface area contributed by atoms with Gasteiger partial charge in [-0.2, -0.15) is 0 Å². The first kappa shape index (κ1) is 20.3. The molecule has 2 aromatic carbocycles. The van der Waals surface area contributed by atoms with Crippen molar-refractivity contribution in [1.29, 1.82) is 0 Å². The van der Waals surface area contributed by atoms with Gasteiger partial charge >= 0.3 is 0 Å². The quantitative estimate of drug-likeness (QED) is 0.641. The van der Waals surface area contributed by atoms with Crippen LogP contribution in [0, 0.1) is 20.8 Å². The number of sulfone groups is 1. The number of thiophene rings is 1. The largest absolute Gasteiger partial charge is 0.350 e. The van der Waals surface area contributed by atoms with E-state index in [1.165, 1.54) is 11.3 Å². The van der Waals surface area contributed by atoms with Crippen LogP contribution >= 0.6 is 11.3 Å². The van der Waals surface area contributed by atoms with Gasteiger partial charge in [-0.3, -0.25) is 4.79 Å². The average molecular weight is 414 g/mol. The van der Waals surface area contributed by atoms with Gasteiger partial charge in [-0.25, -0.2) is 8.42 Å². The molecule has 1 atom stereocenters. The van der Waals surface area contributed by atoms with Crippen LogP contribution in [0.1, 0.15) is 37.2 Å². The smallest absolute Gasteiger partial charge is 0.251 e. The first-order valence-electron chi connectivity index (χ1n) is 8.98. The van der Waals surface area contributed by atoms with Crippen molar-refractivity contribution in [3.05, 3.63) is 87.1 Å². The van der Waals surface area contributed by atoms with E-state index in [4.69, 9.17) is 0 Å². The number of rotatable bonds is 6. The predicted octanol–water partition coefficient (Wildman–Crippen LogP) is 4.62. The van der Waals surface area contributed by atoms with E-state index in [0.717, 1.165) is 11.1 Å². The minimum Gasteiger partial charge on any atom is -0.350 e. The summed E-state index contributed by atoms with van der Waals surface area (Å²) in [6, 6.07) is 16.2. The Bertz CT molecular complexity index is 1070. The molecule has 6 heteroatoms. The van der Waals surface area contributed by atoms with Crippen molar-refractivity contribution in [3.63, 3.8) is 0 Å². The van der Waals surface area contributed by atoms with Gasteiger partial charge < -0.3 is 5.32 Å². The fourth-order valence-electron chi connectivity index (χ4n) is 3.00. The summed E-state index contributed by atoms with van der Waals surface area (Å²) in [5.74, 6) is -0.280. The lowest BCUT2D eigenvalue weighted by Crippen LogP contribution is -2.31. The summed E-state index contributed by atoms with van der Waals surface area (Å²) < 4.78 is 26.9. The molecule has 0 saturated heterocycles. The van der Waals surface area contributed by atoms with Gasteiger partial charge in [0.05, 0.1) is 4.90 Å². The van der Waals surface area contributed by atoms with E-state index < -0.39 is 15.1 Å². The minimum absolute atomic E-state index is 0.0168. The summed E-state index contributed by atoms with van der Waals surface area (Å²) in [4.78, 5) is 13.5. The number of carbonyl (C=O) groups is 1. The fourth-order valence-corrected chi connectivity index (χ4v) is 6.11. The van der Waals surface area contributed by atoms with Crippen LogP contribution in [-0.4, -0.2) is 20.9 Å². The second-order valence-corrected chi connectivity index (χ2v) is 9.97. The maximum absolute atomic E-state index is 13.5. The first-order valence-corrected chi connectivity index (χ1v) is 11.4. The highest BCUT2D eigenvalue weighted by Gasteiger charge is 2.31. The lowest BCUT2D eigenvalue weighted by Gasteiger charge is -2.19. The van der Waals surface area contributed by atoms with Crippen LogP contribution in [0.15, 0.2) is 64.9 Å². The highest BCUT2D eigenvalue weighted by atomic mass is 32.2. The van der Waals surface area contributed by atoms with Gasteiger partial charge in [-0.15, -0.1) is 11.3 Å². The Hall–Kier alpha value is -2.44. The van der Waals surface area contributed by atoms with Crippen molar-refractivity contribution in [2.24, 2.45) is 0 Å². The zero-order valence-electron chi connectivity index (χ0n) is 16.1. The van der Waals surface area contributed by atoms with Crippen LogP contribution < -0.4 is 5.32 Å². The monoisotopic (exact) mass is 413 g/mol. The van der Waals surface area contributed by atoms with Crippen molar-refractivity contribution in [2.45, 2.75) is 30.9 Å². The van der Waals surface area contributed by atoms with Crippen molar-refractivity contribution in [1.82, 2.24) is 5.32 Å². The molecule has 0 radical (unpaired) electrons. The number of hydrogen-bond donors (Lipinski definition) is 1. The Morgan fingerprint density at radius 3 is 2.32 bits per heavy atom. The lowest BCUT2D eigenvalue weighted by atomic mass is 10.1. The van der Waals surface area contributed by atoms with E-state index in [1.807, 2.05) is 49.6 Å². The molecule has 0 unspecified atom stereocenters. The Morgan fingerprint density at radius 1 is 1.00 bits per heavy atom. The van der Waals surface area contributed by atoms with Crippen LogP contribution in [0.5, 0.6) is 0 Å². The van der Waals surface area contributed by atoms with Gasteiger partial charge in [0.15, 0.2) is 9.84 Å². The Labute approximate surface area is 170 Å². The van der Waals surface area contributed by atoms with Gasteiger partial charge in [0, 0.05) is 17.0 Å². The van der Waals surface area contributed by atoms with Gasteiger partial charge in [-0.1, -0.05) is 35.9 Å². The van der Waals surface area contributed by atoms with Crippen molar-refractivity contribution in [3.8, 4) is 0 Å². The van der Waals surface area contributed by atoms with E-state index in [1.54, 1.807) is 31.2 Å². The van der Waals surface area contributed by atoms with Gasteiger partial charge in [0.25, 0.3) is 5.91 Å². The molecule has 1 aromatic heterocycles. The van der Waals surface area contributed by atoms with Crippen LogP contribution in [0.3, 0.4) is 0 Å². The molecule has 0 aliphatic rings. The molecule has 146 valence electrons. The molecule has 0 aliphatic carbocycles. The third-order valence-corrected chi connectivity index (χ3v) is 8.00. The fraction of sp³-hybridized carbons (Fsp3) is 0.227. The molecule has 3 aromatic rings. The molecule has 0 spiro atoms. The Balaban J connectivity index is 1.91. The molecule has 1 heterocycles. The van der Waals surface area contributed by atoms with E-state index >= 15 is 0 Å². The SMILES string of the molecule is Cc1ccc(C(=O)NC[C@@H](c2cccs2)S(=O)(=O)c2cc(C)ccc2C)cc1. The summed E-state index contributed by atoms with van der Waals surface area (Å²) in [7, 11) is -3.67. The van der Waals surface area contributed by atoms with E-state index in [2.05, 4.69) is 5.32 Å². The number of benzene rings is 2. The summed E-state index contributed by atoms with van der Waals surface area (Å²) in [6.07, 6.45) is 0. The maximum Gasteiger partial charge on any atom is 0.251 e. The predicted molar refractivity (Wildman–Crippen MR) is 114 cm³/mol. The minimum atomic E-state index is -3.67. The number of carbonyl (C=O) groups excluding carboxylic acids is 1. The van der Waals surface area contributed by atoms with E-state index in [9.17, 15) is 13.2 Å². The van der Waals surface area contributed by atoms with Crippen LogP contribution in [0.4, 0.5) is 0 Å². The molecule has 0 fully saturated rings. The van der Waals surface area contributed by atoms with Gasteiger partial charge in [-0.05, 0) is 61.5 Å². The third-order valence-electron chi connectivity index (χ3n) is 4.65. The maximum atomic E-state index is 13.5. The molecule has 3 rings (SSSR count). The highest BCUT2D eigenvalue weighted by Crippen LogP contribution is 2.33. The number of nitrogens with one attached hydrogen (secondary N) is 1. The standard InChI is InChI=1S/C22H23NO3S2/c1-15-7-10-18(11-8-15)22(24)23-14-21(19-5-4-12-27-19)28(25,26)20-13-16(2)6-9-17(20)3/h4-13,21H,14H2,1-3H3,(H,23,24)/t21-/m0/s1. The average Bonchev–Trinajstić information content (AvgIpc) is 3.18. The van der Waals surface area contributed by atoms with Crippen LogP contribution in [0.25, 0.3) is 0 Å². The molecule has 28 heavy (non-hydrogen) atoms. The summed E-state index contributed by atoms with van der Waals surface area (Å²) in [6.45, 7) is 5.63. The van der Waals surface area contributed by atoms with Crippen LogP contribution in [-0.2, 0) is 9.84 Å². The normalized spacial score (nSPS) is 12.5. The van der Waals surface area contributed by atoms with Gasteiger partial charge in [0.2, 0.25) is 0 Å². The zero-order valence-corrected chi connectivity index (χ0v) is 17.7. The lowest BCUT2D eigenvalue weighted by molar-refractivity contribution is 0.0953. The second kappa shape index (κ2) is 8.29. The topological polar surface area (TPSA) is 63.2 Å². The molecule has 0 aliphatic heterocycles. The third kappa shape index (κ3) is 4.34. The summed E-state index contributed by atoms with van der Waals surface area (Å²) >= 11 is 1.38. The number of amides is 1. The number of aryl methyl sites for hydroxylation is 3. The van der Waals surface area contributed by atoms with Crippen molar-refractivity contribution >= 4 is 27.1 Å². The van der Waals surface area contributed by atoms with Crippen molar-refractivity contribution < 1.29 is 13.2 Å².